The van der Waals surface area contributed by atoms with Gasteiger partial charge >= 0.3 is 7.75 Å². The van der Waals surface area contributed by atoms with Crippen LogP contribution in [0.3, 0.4) is 0 Å². The van der Waals surface area contributed by atoms with E-state index in [1.54, 1.807) is 18.7 Å². The molecule has 2 N–H and O–H groups in total. The predicted octanol–water partition coefficient (Wildman–Crippen LogP) is 2.14. The fourth-order valence-electron chi connectivity index (χ4n) is 3.70. The first-order valence-electron chi connectivity index (χ1n) is 10.6. The van der Waals surface area contributed by atoms with Crippen LogP contribution in [0.15, 0.2) is 23.3 Å². The number of carbonyl (C=O) groups excluding carboxylic acids is 1. The summed E-state index contributed by atoms with van der Waals surface area (Å²) in [7, 11) is -0.459. The maximum absolute atomic E-state index is 13.1. The van der Waals surface area contributed by atoms with E-state index in [4.69, 9.17) is 9.05 Å². The van der Waals surface area contributed by atoms with Gasteiger partial charge in [0.05, 0.1) is 31.7 Å². The minimum absolute atomic E-state index is 0.0508. The standard InChI is InChI=1S/C20H30N5O6PS/c1-6-17-22-19-18(20(28)23-17)21-11-25(19)15-9-16(27)14(12(15)2)10-31-32(29,24(4)5)30-7-8-33-13(3)26/h11,14-16,27H,2,6-10H2,1,3-5H3,(H,22,23,28)/t14-,15-,16-,32?/m0/s1. The van der Waals surface area contributed by atoms with Gasteiger partial charge in [0.15, 0.2) is 16.3 Å². The molecule has 3 rings (SSSR count). The number of hydrogen-bond acceptors (Lipinski definition) is 9. The van der Waals surface area contributed by atoms with Crippen LogP contribution in [0.25, 0.3) is 11.2 Å². The molecule has 2 heterocycles. The Morgan fingerprint density at radius 2 is 2.18 bits per heavy atom. The molecule has 2 aromatic heterocycles. The van der Waals surface area contributed by atoms with Crippen molar-refractivity contribution in [2.24, 2.45) is 5.92 Å². The highest BCUT2D eigenvalue weighted by Crippen LogP contribution is 2.52. The van der Waals surface area contributed by atoms with Crippen molar-refractivity contribution < 1.29 is 23.5 Å². The van der Waals surface area contributed by atoms with Gasteiger partial charge in [0.25, 0.3) is 5.56 Å². The molecule has 1 saturated carbocycles. The van der Waals surface area contributed by atoms with Crippen LogP contribution in [-0.2, 0) is 24.8 Å². The quantitative estimate of drug-likeness (QED) is 0.284. The number of hydrogen-bond donors (Lipinski definition) is 2. The fourth-order valence-corrected chi connectivity index (χ4v) is 5.48. The number of thioether (sulfide) groups is 1. The monoisotopic (exact) mass is 499 g/mol. The van der Waals surface area contributed by atoms with Crippen LogP contribution in [0.4, 0.5) is 0 Å². The maximum Gasteiger partial charge on any atom is 0.407 e. The molecule has 0 amide bonds. The summed E-state index contributed by atoms with van der Waals surface area (Å²) in [4.78, 5) is 34.7. The van der Waals surface area contributed by atoms with Gasteiger partial charge in [-0.05, 0) is 26.1 Å². The highest BCUT2D eigenvalue weighted by atomic mass is 32.2. The normalized spacial score (nSPS) is 22.8. The van der Waals surface area contributed by atoms with E-state index in [9.17, 15) is 19.3 Å². The number of H-pyrrole nitrogens is 1. The first kappa shape index (κ1) is 25.8. The fraction of sp³-hybridized carbons (Fsp3) is 0.600. The third-order valence-electron chi connectivity index (χ3n) is 5.54. The Kier molecular flexibility index (Phi) is 8.31. The van der Waals surface area contributed by atoms with Gasteiger partial charge in [-0.3, -0.25) is 18.6 Å². The van der Waals surface area contributed by atoms with Crippen LogP contribution in [0.5, 0.6) is 0 Å². The van der Waals surface area contributed by atoms with Crippen molar-refractivity contribution in [1.29, 1.82) is 0 Å². The lowest BCUT2D eigenvalue weighted by atomic mass is 10.0. The van der Waals surface area contributed by atoms with Crippen LogP contribution in [0.2, 0.25) is 0 Å². The lowest BCUT2D eigenvalue weighted by Gasteiger charge is -2.26. The van der Waals surface area contributed by atoms with Gasteiger partial charge in [-0.15, -0.1) is 0 Å². The molecule has 0 bridgehead atoms. The zero-order chi connectivity index (χ0) is 24.3. The van der Waals surface area contributed by atoms with E-state index in [1.807, 2.05) is 6.92 Å². The summed E-state index contributed by atoms with van der Waals surface area (Å²) in [6.07, 6.45) is 1.62. The minimum Gasteiger partial charge on any atom is -0.392 e. The van der Waals surface area contributed by atoms with Crippen molar-refractivity contribution >= 4 is 35.8 Å². The molecule has 1 unspecified atom stereocenters. The summed E-state index contributed by atoms with van der Waals surface area (Å²) < 4.78 is 27.4. The zero-order valence-corrected chi connectivity index (χ0v) is 20.9. The molecule has 11 nitrogen and oxygen atoms in total. The highest BCUT2D eigenvalue weighted by Gasteiger charge is 2.40. The molecule has 1 fully saturated rings. The van der Waals surface area contributed by atoms with E-state index < -0.39 is 19.8 Å². The lowest BCUT2D eigenvalue weighted by molar-refractivity contribution is -0.109. The Balaban J connectivity index is 1.74. The molecule has 33 heavy (non-hydrogen) atoms. The van der Waals surface area contributed by atoms with Crippen molar-refractivity contribution in [3.8, 4) is 0 Å². The number of carbonyl (C=O) groups is 1. The number of nitrogens with one attached hydrogen (secondary N) is 1. The molecule has 4 atom stereocenters. The molecular formula is C20H30N5O6PS. The highest BCUT2D eigenvalue weighted by molar-refractivity contribution is 8.13. The van der Waals surface area contributed by atoms with E-state index in [1.165, 1.54) is 17.9 Å². The molecule has 0 spiro atoms. The Morgan fingerprint density at radius 3 is 2.82 bits per heavy atom. The molecular weight excluding hydrogens is 469 g/mol. The Labute approximate surface area is 196 Å². The largest absolute Gasteiger partial charge is 0.407 e. The number of aliphatic hydroxyl groups excluding tert-OH is 1. The predicted molar refractivity (Wildman–Crippen MR) is 126 cm³/mol. The van der Waals surface area contributed by atoms with Gasteiger partial charge in [-0.1, -0.05) is 25.3 Å². The number of aliphatic hydroxyl groups is 1. The summed E-state index contributed by atoms with van der Waals surface area (Å²) >= 11 is 1.08. The smallest absolute Gasteiger partial charge is 0.392 e. The summed E-state index contributed by atoms with van der Waals surface area (Å²) in [5.74, 6) is 0.408. The number of nitrogens with zero attached hydrogens (tertiary/aromatic N) is 4. The van der Waals surface area contributed by atoms with E-state index in [2.05, 4.69) is 21.5 Å². The Morgan fingerprint density at radius 1 is 1.45 bits per heavy atom. The molecule has 1 aliphatic rings. The number of fused-ring (bicyclic) bond motifs is 1. The third kappa shape index (κ3) is 5.64. The Bertz CT molecular complexity index is 1130. The second kappa shape index (κ2) is 10.6. The van der Waals surface area contributed by atoms with Crippen LogP contribution < -0.4 is 5.56 Å². The van der Waals surface area contributed by atoms with Gasteiger partial charge < -0.3 is 14.7 Å². The average Bonchev–Trinajstić information content (AvgIpc) is 3.30. The van der Waals surface area contributed by atoms with E-state index in [-0.39, 0.29) is 35.4 Å². The first-order chi connectivity index (χ1) is 15.6. The van der Waals surface area contributed by atoms with Gasteiger partial charge in [0.1, 0.15) is 5.82 Å². The topological polar surface area (TPSA) is 140 Å². The zero-order valence-electron chi connectivity index (χ0n) is 19.2. The molecule has 1 aliphatic carbocycles. The maximum atomic E-state index is 13.1. The lowest BCUT2D eigenvalue weighted by Crippen LogP contribution is -2.23. The van der Waals surface area contributed by atoms with Crippen molar-refractivity contribution in [2.45, 2.75) is 38.8 Å². The van der Waals surface area contributed by atoms with Gasteiger partial charge in [-0.25, -0.2) is 19.2 Å². The molecule has 2 aromatic rings. The van der Waals surface area contributed by atoms with Crippen LogP contribution >= 0.6 is 19.5 Å². The van der Waals surface area contributed by atoms with Crippen LogP contribution in [0, 0.1) is 5.92 Å². The number of aryl methyl sites for hydroxylation is 1. The van der Waals surface area contributed by atoms with Gasteiger partial charge in [0.2, 0.25) is 0 Å². The number of rotatable bonds is 10. The van der Waals surface area contributed by atoms with E-state index in [0.29, 0.717) is 35.6 Å². The van der Waals surface area contributed by atoms with Gasteiger partial charge in [0, 0.05) is 25.0 Å². The molecule has 0 saturated heterocycles. The van der Waals surface area contributed by atoms with Crippen LogP contribution in [0.1, 0.15) is 32.1 Å². The average molecular weight is 500 g/mol. The third-order valence-corrected chi connectivity index (χ3v) is 8.28. The number of aromatic amines is 1. The summed E-state index contributed by atoms with van der Waals surface area (Å²) in [6, 6.07) is -0.343. The van der Waals surface area contributed by atoms with Crippen molar-refractivity contribution in [2.75, 3.05) is 33.1 Å². The minimum atomic E-state index is -3.61. The number of aromatic nitrogens is 4. The van der Waals surface area contributed by atoms with Gasteiger partial charge in [-0.2, -0.15) is 0 Å². The second-order valence-corrected chi connectivity index (χ2v) is 11.5. The molecule has 182 valence electrons. The molecule has 0 aromatic carbocycles. The summed E-state index contributed by atoms with van der Waals surface area (Å²) in [5, 5.41) is 10.7. The second-order valence-electron chi connectivity index (χ2n) is 7.98. The van der Waals surface area contributed by atoms with E-state index in [0.717, 1.165) is 11.8 Å². The van der Waals surface area contributed by atoms with E-state index >= 15 is 0 Å². The SMILES string of the molecule is C=C1[C@H](COP(=O)(OCCSC(C)=O)N(C)C)[C@@H](O)C[C@@H]1n1cnc2c(=O)[nH]c(CC)nc21. The number of imidazole rings is 1. The summed E-state index contributed by atoms with van der Waals surface area (Å²) in [5.41, 5.74) is 1.01. The van der Waals surface area contributed by atoms with Crippen LogP contribution in [-0.4, -0.2) is 73.6 Å². The van der Waals surface area contributed by atoms with Crippen molar-refractivity contribution in [1.82, 2.24) is 24.2 Å². The first-order valence-corrected chi connectivity index (χ1v) is 13.1. The van der Waals surface area contributed by atoms with Crippen molar-refractivity contribution in [3.05, 3.63) is 34.7 Å². The van der Waals surface area contributed by atoms with Crippen molar-refractivity contribution in [3.63, 3.8) is 0 Å². The Hall–Kier alpha value is -1.82. The molecule has 0 radical (unpaired) electrons. The molecule has 0 aliphatic heterocycles. The summed E-state index contributed by atoms with van der Waals surface area (Å²) in [6.45, 7) is 7.51. The molecule has 13 heteroatoms.